The van der Waals surface area contributed by atoms with Crippen LogP contribution in [0.15, 0.2) is 24.3 Å². The minimum Gasteiger partial charge on any atom is -0.399 e. The van der Waals surface area contributed by atoms with Gasteiger partial charge in [0.1, 0.15) is 0 Å². The summed E-state index contributed by atoms with van der Waals surface area (Å²) in [5.74, 6) is 1.48. The fourth-order valence-electron chi connectivity index (χ4n) is 2.37. The number of nitrogens with two attached hydrogens (primary N) is 1. The number of sulfonamides is 1. The average molecular weight is 358 g/mol. The molecule has 0 aliphatic carbocycles. The van der Waals surface area contributed by atoms with Crippen molar-refractivity contribution < 1.29 is 13.2 Å². The van der Waals surface area contributed by atoms with Crippen molar-refractivity contribution in [3.8, 4) is 0 Å². The number of anilines is 1. The van der Waals surface area contributed by atoms with Gasteiger partial charge in [-0.25, -0.2) is 12.7 Å². The van der Waals surface area contributed by atoms with Crippen LogP contribution in [0.4, 0.5) is 5.69 Å². The Bertz CT molecular complexity index is 629. The third-order valence-corrected chi connectivity index (χ3v) is 6.54. The third kappa shape index (κ3) is 5.71. The number of carbonyl (C=O) groups is 1. The maximum Gasteiger partial charge on any atom is 0.220 e. The summed E-state index contributed by atoms with van der Waals surface area (Å²) in [7, 11) is -3.27. The Kier molecular flexibility index (Phi) is 6.73. The van der Waals surface area contributed by atoms with Gasteiger partial charge in [0, 0.05) is 43.2 Å². The molecular formula is C15H23N3O3S2. The molecule has 1 fully saturated rings. The molecule has 1 amide bonds. The number of hydrogen-bond donors (Lipinski definition) is 2. The van der Waals surface area contributed by atoms with Gasteiger partial charge in [0.15, 0.2) is 0 Å². The first kappa shape index (κ1) is 18.1. The van der Waals surface area contributed by atoms with E-state index in [4.69, 9.17) is 5.73 Å². The molecule has 0 spiro atoms. The highest BCUT2D eigenvalue weighted by Gasteiger charge is 2.23. The monoisotopic (exact) mass is 357 g/mol. The number of rotatable bonds is 7. The van der Waals surface area contributed by atoms with Crippen molar-refractivity contribution in [1.29, 1.82) is 0 Å². The van der Waals surface area contributed by atoms with Gasteiger partial charge in [0.05, 0.1) is 5.75 Å². The van der Waals surface area contributed by atoms with Crippen LogP contribution in [0.25, 0.3) is 0 Å². The molecule has 1 aliphatic rings. The lowest BCUT2D eigenvalue weighted by Gasteiger charge is -2.25. The highest BCUT2D eigenvalue weighted by molar-refractivity contribution is 7.99. The average Bonchev–Trinajstić information content (AvgIpc) is 2.55. The Morgan fingerprint density at radius 3 is 2.65 bits per heavy atom. The molecule has 0 unspecified atom stereocenters. The first-order chi connectivity index (χ1) is 11.0. The van der Waals surface area contributed by atoms with E-state index >= 15 is 0 Å². The lowest BCUT2D eigenvalue weighted by atomic mass is 10.1. The van der Waals surface area contributed by atoms with E-state index in [9.17, 15) is 13.2 Å². The zero-order valence-corrected chi connectivity index (χ0v) is 14.7. The van der Waals surface area contributed by atoms with Crippen LogP contribution in [0.5, 0.6) is 0 Å². The van der Waals surface area contributed by atoms with E-state index in [0.29, 0.717) is 31.6 Å². The molecule has 6 nitrogen and oxygen atoms in total. The van der Waals surface area contributed by atoms with Gasteiger partial charge in [-0.05, 0) is 18.1 Å². The van der Waals surface area contributed by atoms with Crippen LogP contribution >= 0.6 is 11.8 Å². The Labute approximate surface area is 141 Å². The molecule has 1 aromatic rings. The zero-order valence-electron chi connectivity index (χ0n) is 13.0. The molecule has 0 aromatic heterocycles. The maximum atomic E-state index is 12.1. The predicted molar refractivity (Wildman–Crippen MR) is 94.9 cm³/mol. The van der Waals surface area contributed by atoms with Crippen LogP contribution in [-0.4, -0.2) is 55.5 Å². The fourth-order valence-corrected chi connectivity index (χ4v) is 4.86. The van der Waals surface area contributed by atoms with Crippen molar-refractivity contribution in [1.82, 2.24) is 9.62 Å². The van der Waals surface area contributed by atoms with E-state index in [1.54, 1.807) is 17.8 Å². The second-order valence-electron chi connectivity index (χ2n) is 5.38. The topological polar surface area (TPSA) is 92.5 Å². The van der Waals surface area contributed by atoms with Gasteiger partial charge < -0.3 is 11.1 Å². The number of nitrogens with zero attached hydrogens (tertiary/aromatic N) is 1. The number of aryl methyl sites for hydroxylation is 1. The number of para-hydroxylation sites is 1. The summed E-state index contributed by atoms with van der Waals surface area (Å²) in [6, 6.07) is 7.42. The summed E-state index contributed by atoms with van der Waals surface area (Å²) in [5, 5.41) is 2.68. The van der Waals surface area contributed by atoms with E-state index in [1.807, 2.05) is 18.2 Å². The molecule has 0 radical (unpaired) electrons. The van der Waals surface area contributed by atoms with Crippen molar-refractivity contribution in [2.45, 2.75) is 12.8 Å². The fraction of sp³-hybridized carbons (Fsp3) is 0.533. The molecule has 2 rings (SSSR count). The van der Waals surface area contributed by atoms with Gasteiger partial charge >= 0.3 is 0 Å². The minimum absolute atomic E-state index is 0.0448. The number of nitrogens with one attached hydrogen (secondary N) is 1. The van der Waals surface area contributed by atoms with Crippen molar-refractivity contribution in [2.75, 3.05) is 42.6 Å². The quantitative estimate of drug-likeness (QED) is 0.701. The van der Waals surface area contributed by atoms with Crippen molar-refractivity contribution in [3.63, 3.8) is 0 Å². The summed E-state index contributed by atoms with van der Waals surface area (Å²) in [6.45, 7) is 1.28. The molecule has 0 atom stereocenters. The molecule has 1 saturated heterocycles. The molecular weight excluding hydrogens is 334 g/mol. The molecule has 23 heavy (non-hydrogen) atoms. The van der Waals surface area contributed by atoms with Crippen molar-refractivity contribution in [3.05, 3.63) is 29.8 Å². The van der Waals surface area contributed by atoms with Gasteiger partial charge in [0.25, 0.3) is 0 Å². The van der Waals surface area contributed by atoms with Gasteiger partial charge in [-0.15, -0.1) is 0 Å². The Hall–Kier alpha value is -1.25. The van der Waals surface area contributed by atoms with E-state index in [1.165, 1.54) is 4.31 Å². The van der Waals surface area contributed by atoms with E-state index in [2.05, 4.69) is 5.32 Å². The Morgan fingerprint density at radius 1 is 1.26 bits per heavy atom. The predicted octanol–water partition coefficient (Wildman–Crippen LogP) is 0.696. The van der Waals surface area contributed by atoms with E-state index in [0.717, 1.165) is 17.1 Å². The van der Waals surface area contributed by atoms with Crippen LogP contribution in [0, 0.1) is 0 Å². The smallest absolute Gasteiger partial charge is 0.220 e. The largest absolute Gasteiger partial charge is 0.399 e. The second kappa shape index (κ2) is 8.56. The Morgan fingerprint density at radius 2 is 1.96 bits per heavy atom. The molecule has 1 aliphatic heterocycles. The standard InChI is InChI=1S/C15H23N3O3S2/c16-14-4-2-1-3-13(14)5-6-15(19)17-7-12-23(20,21)18-8-10-22-11-9-18/h1-4H,5-12,16H2,(H,17,19). The normalized spacial score (nSPS) is 16.2. The number of nitrogen functional groups attached to an aromatic ring is 1. The highest BCUT2D eigenvalue weighted by Crippen LogP contribution is 2.13. The first-order valence-corrected chi connectivity index (χ1v) is 10.4. The molecule has 1 heterocycles. The van der Waals surface area contributed by atoms with Crippen LogP contribution < -0.4 is 11.1 Å². The second-order valence-corrected chi connectivity index (χ2v) is 8.69. The summed E-state index contributed by atoms with van der Waals surface area (Å²) < 4.78 is 25.8. The van der Waals surface area contributed by atoms with Crippen molar-refractivity contribution in [2.24, 2.45) is 0 Å². The molecule has 0 bridgehead atoms. The zero-order chi connectivity index (χ0) is 16.7. The lowest BCUT2D eigenvalue weighted by molar-refractivity contribution is -0.120. The Balaban J connectivity index is 1.71. The maximum absolute atomic E-state index is 12.1. The molecule has 3 N–H and O–H groups in total. The summed E-state index contributed by atoms with van der Waals surface area (Å²) >= 11 is 1.76. The minimum atomic E-state index is -3.27. The number of amides is 1. The van der Waals surface area contributed by atoms with Crippen LogP contribution in [0.3, 0.4) is 0 Å². The number of hydrogen-bond acceptors (Lipinski definition) is 5. The van der Waals surface area contributed by atoms with Gasteiger partial charge in [-0.3, -0.25) is 4.79 Å². The van der Waals surface area contributed by atoms with E-state index < -0.39 is 10.0 Å². The molecule has 1 aromatic carbocycles. The first-order valence-electron chi connectivity index (χ1n) is 7.65. The highest BCUT2D eigenvalue weighted by atomic mass is 32.2. The van der Waals surface area contributed by atoms with Crippen LogP contribution in [0.1, 0.15) is 12.0 Å². The molecule has 128 valence electrons. The van der Waals surface area contributed by atoms with Crippen molar-refractivity contribution >= 4 is 33.4 Å². The molecule has 8 heteroatoms. The summed E-state index contributed by atoms with van der Waals surface area (Å²) in [5.41, 5.74) is 7.43. The van der Waals surface area contributed by atoms with E-state index in [-0.39, 0.29) is 18.2 Å². The van der Waals surface area contributed by atoms with Crippen LogP contribution in [-0.2, 0) is 21.2 Å². The number of benzene rings is 1. The lowest BCUT2D eigenvalue weighted by Crippen LogP contribution is -2.41. The van der Waals surface area contributed by atoms with Gasteiger partial charge in [0.2, 0.25) is 15.9 Å². The van der Waals surface area contributed by atoms with Crippen LogP contribution in [0.2, 0.25) is 0 Å². The summed E-state index contributed by atoms with van der Waals surface area (Å²) in [4.78, 5) is 11.8. The summed E-state index contributed by atoms with van der Waals surface area (Å²) in [6.07, 6.45) is 0.850. The SMILES string of the molecule is Nc1ccccc1CCC(=O)NCCS(=O)(=O)N1CCSCC1. The van der Waals surface area contributed by atoms with Gasteiger partial charge in [-0.1, -0.05) is 18.2 Å². The number of carbonyl (C=O) groups excluding carboxylic acids is 1. The molecule has 0 saturated carbocycles. The third-order valence-electron chi connectivity index (χ3n) is 3.72. The van der Waals surface area contributed by atoms with Gasteiger partial charge in [-0.2, -0.15) is 11.8 Å². The number of thioether (sulfide) groups is 1.